The van der Waals surface area contributed by atoms with Gasteiger partial charge in [0.1, 0.15) is 17.1 Å². The highest BCUT2D eigenvalue weighted by atomic mass is 79.9. The minimum atomic E-state index is -0.159. The van der Waals surface area contributed by atoms with Crippen molar-refractivity contribution in [2.24, 2.45) is 0 Å². The monoisotopic (exact) mass is 350 g/mol. The molecule has 0 saturated carbocycles. The van der Waals surface area contributed by atoms with Crippen LogP contribution in [-0.4, -0.2) is 5.11 Å². The fourth-order valence-electron chi connectivity index (χ4n) is 1.93. The second kappa shape index (κ2) is 4.96. The molecular formula is C15H8BrClO3. The quantitative estimate of drug-likeness (QED) is 0.698. The van der Waals surface area contributed by atoms with Crippen molar-refractivity contribution < 1.29 is 9.52 Å². The summed E-state index contributed by atoms with van der Waals surface area (Å²) >= 11 is 9.10. The van der Waals surface area contributed by atoms with Crippen LogP contribution in [-0.2, 0) is 0 Å². The Morgan fingerprint density at radius 2 is 1.90 bits per heavy atom. The molecule has 100 valence electrons. The van der Waals surface area contributed by atoms with Gasteiger partial charge in [0.2, 0.25) is 0 Å². The van der Waals surface area contributed by atoms with Crippen LogP contribution >= 0.6 is 27.5 Å². The van der Waals surface area contributed by atoms with E-state index in [-0.39, 0.29) is 11.2 Å². The summed E-state index contributed by atoms with van der Waals surface area (Å²) in [6.45, 7) is 0. The Bertz CT molecular complexity index is 871. The lowest BCUT2D eigenvalue weighted by atomic mass is 10.1. The first-order valence-corrected chi connectivity index (χ1v) is 6.94. The second-order valence-electron chi connectivity index (χ2n) is 4.28. The van der Waals surface area contributed by atoms with Gasteiger partial charge in [-0.25, -0.2) is 0 Å². The smallest absolute Gasteiger partial charge is 0.193 e. The van der Waals surface area contributed by atoms with Crippen molar-refractivity contribution >= 4 is 38.5 Å². The zero-order valence-electron chi connectivity index (χ0n) is 10.1. The lowest BCUT2D eigenvalue weighted by Crippen LogP contribution is -2.00. The Balaban J connectivity index is 2.24. The number of rotatable bonds is 1. The number of fused-ring (bicyclic) bond motifs is 1. The summed E-state index contributed by atoms with van der Waals surface area (Å²) in [7, 11) is 0. The van der Waals surface area contributed by atoms with E-state index in [1.165, 1.54) is 12.1 Å². The highest BCUT2D eigenvalue weighted by molar-refractivity contribution is 9.10. The van der Waals surface area contributed by atoms with Gasteiger partial charge in [0.15, 0.2) is 5.43 Å². The molecule has 0 spiro atoms. The van der Waals surface area contributed by atoms with Crippen LogP contribution in [0.1, 0.15) is 0 Å². The van der Waals surface area contributed by atoms with Gasteiger partial charge in [-0.05, 0) is 52.3 Å². The minimum absolute atomic E-state index is 0.128. The van der Waals surface area contributed by atoms with E-state index in [0.29, 0.717) is 31.8 Å². The molecule has 0 radical (unpaired) electrons. The van der Waals surface area contributed by atoms with Gasteiger partial charge in [-0.3, -0.25) is 4.79 Å². The zero-order valence-corrected chi connectivity index (χ0v) is 12.4. The third-order valence-electron chi connectivity index (χ3n) is 2.92. The van der Waals surface area contributed by atoms with Gasteiger partial charge < -0.3 is 9.52 Å². The number of hydrogen-bond acceptors (Lipinski definition) is 3. The van der Waals surface area contributed by atoms with Gasteiger partial charge in [-0.15, -0.1) is 0 Å². The van der Waals surface area contributed by atoms with Crippen molar-refractivity contribution in [1.82, 2.24) is 0 Å². The van der Waals surface area contributed by atoms with Crippen molar-refractivity contribution in [3.8, 4) is 17.1 Å². The van der Waals surface area contributed by atoms with Gasteiger partial charge in [0.05, 0.1) is 9.86 Å². The molecule has 3 rings (SSSR count). The van der Waals surface area contributed by atoms with Crippen LogP contribution < -0.4 is 5.43 Å². The van der Waals surface area contributed by atoms with E-state index < -0.39 is 0 Å². The van der Waals surface area contributed by atoms with Crippen LogP contribution in [0.5, 0.6) is 5.75 Å². The molecule has 0 atom stereocenters. The van der Waals surface area contributed by atoms with E-state index in [0.717, 1.165) is 0 Å². The fraction of sp³-hybridized carbons (Fsp3) is 0. The maximum atomic E-state index is 12.1. The molecule has 20 heavy (non-hydrogen) atoms. The number of hydrogen-bond donors (Lipinski definition) is 1. The van der Waals surface area contributed by atoms with E-state index in [1.807, 2.05) is 0 Å². The summed E-state index contributed by atoms with van der Waals surface area (Å²) in [5.74, 6) is 0.564. The van der Waals surface area contributed by atoms with Gasteiger partial charge in [0, 0.05) is 16.7 Å². The topological polar surface area (TPSA) is 50.4 Å². The summed E-state index contributed by atoms with van der Waals surface area (Å²) in [5, 5.41) is 10.4. The Morgan fingerprint density at radius 3 is 2.65 bits per heavy atom. The highest BCUT2D eigenvalue weighted by Gasteiger charge is 2.09. The Kier molecular flexibility index (Phi) is 3.28. The van der Waals surface area contributed by atoms with Crippen LogP contribution in [0, 0.1) is 0 Å². The molecule has 0 bridgehead atoms. The average molecular weight is 352 g/mol. The average Bonchev–Trinajstić information content (AvgIpc) is 2.42. The number of benzene rings is 2. The Hall–Kier alpha value is -1.78. The number of phenols is 1. The van der Waals surface area contributed by atoms with Crippen molar-refractivity contribution in [2.75, 3.05) is 0 Å². The molecule has 1 N–H and O–H groups in total. The summed E-state index contributed by atoms with van der Waals surface area (Å²) in [6, 6.07) is 11.2. The lowest BCUT2D eigenvalue weighted by Gasteiger charge is -2.05. The van der Waals surface area contributed by atoms with Gasteiger partial charge in [-0.2, -0.15) is 0 Å². The largest absolute Gasteiger partial charge is 0.507 e. The predicted octanol–water partition coefficient (Wildman–Crippen LogP) is 4.58. The van der Waals surface area contributed by atoms with Gasteiger partial charge in [0.25, 0.3) is 0 Å². The molecule has 0 aliphatic heterocycles. The van der Waals surface area contributed by atoms with Crippen molar-refractivity contribution in [1.29, 1.82) is 0 Å². The molecule has 0 saturated heterocycles. The Labute approximate surface area is 127 Å². The normalized spacial score (nSPS) is 10.9. The van der Waals surface area contributed by atoms with Crippen LogP contribution in [0.4, 0.5) is 0 Å². The maximum Gasteiger partial charge on any atom is 0.193 e. The first-order valence-electron chi connectivity index (χ1n) is 5.77. The van der Waals surface area contributed by atoms with E-state index in [9.17, 15) is 9.90 Å². The summed E-state index contributed by atoms with van der Waals surface area (Å²) in [5.41, 5.74) is 1.01. The van der Waals surface area contributed by atoms with Crippen molar-refractivity contribution in [2.45, 2.75) is 0 Å². The molecule has 1 heterocycles. The molecule has 1 aromatic heterocycles. The van der Waals surface area contributed by atoms with Crippen LogP contribution in [0.15, 0.2) is 56.1 Å². The van der Waals surface area contributed by atoms with E-state index in [4.69, 9.17) is 16.0 Å². The van der Waals surface area contributed by atoms with Crippen molar-refractivity contribution in [3.63, 3.8) is 0 Å². The summed E-state index contributed by atoms with van der Waals surface area (Å²) < 4.78 is 6.25. The molecule has 2 aromatic carbocycles. The molecule has 0 aliphatic carbocycles. The Morgan fingerprint density at radius 1 is 1.10 bits per heavy atom. The SMILES string of the molecule is O=c1cc(-c2ccc(O)c(Br)c2)oc2ccc(Cl)cc12. The van der Waals surface area contributed by atoms with Crippen LogP contribution in [0.3, 0.4) is 0 Å². The third kappa shape index (κ3) is 2.32. The highest BCUT2D eigenvalue weighted by Crippen LogP contribution is 2.30. The second-order valence-corrected chi connectivity index (χ2v) is 5.57. The molecule has 0 fully saturated rings. The summed E-state index contributed by atoms with van der Waals surface area (Å²) in [6.07, 6.45) is 0. The number of phenolic OH excluding ortho intramolecular Hbond substituents is 1. The van der Waals surface area contributed by atoms with E-state index in [2.05, 4.69) is 15.9 Å². The maximum absolute atomic E-state index is 12.1. The standard InChI is InChI=1S/C15H8BrClO3/c16-11-5-8(1-3-12(11)18)15-7-13(19)10-6-9(17)2-4-14(10)20-15/h1-7,18H. The number of aromatic hydroxyl groups is 1. The first kappa shape index (κ1) is 13.2. The molecule has 5 heteroatoms. The van der Waals surface area contributed by atoms with Gasteiger partial charge >= 0.3 is 0 Å². The summed E-state index contributed by atoms with van der Waals surface area (Å²) in [4.78, 5) is 12.1. The van der Waals surface area contributed by atoms with E-state index >= 15 is 0 Å². The van der Waals surface area contributed by atoms with Crippen LogP contribution in [0.2, 0.25) is 5.02 Å². The molecular weight excluding hydrogens is 344 g/mol. The first-order chi connectivity index (χ1) is 9.54. The molecule has 3 aromatic rings. The lowest BCUT2D eigenvalue weighted by molar-refractivity contribution is 0.472. The number of halogens is 2. The molecule has 3 nitrogen and oxygen atoms in total. The minimum Gasteiger partial charge on any atom is -0.507 e. The predicted molar refractivity (Wildman–Crippen MR) is 82.3 cm³/mol. The van der Waals surface area contributed by atoms with Crippen LogP contribution in [0.25, 0.3) is 22.3 Å². The van der Waals surface area contributed by atoms with Crippen molar-refractivity contribution in [3.05, 3.63) is 62.2 Å². The zero-order chi connectivity index (χ0) is 14.3. The molecule has 0 amide bonds. The molecule has 0 unspecified atom stereocenters. The van der Waals surface area contributed by atoms with E-state index in [1.54, 1.807) is 30.3 Å². The molecule has 0 aliphatic rings. The fourth-order valence-corrected chi connectivity index (χ4v) is 2.48. The van der Waals surface area contributed by atoms with Gasteiger partial charge in [-0.1, -0.05) is 11.6 Å². The third-order valence-corrected chi connectivity index (χ3v) is 3.79.